The summed E-state index contributed by atoms with van der Waals surface area (Å²) >= 11 is 0. The lowest BCUT2D eigenvalue weighted by molar-refractivity contribution is -0.143. The summed E-state index contributed by atoms with van der Waals surface area (Å²) in [6, 6.07) is 0.129. The van der Waals surface area contributed by atoms with Crippen LogP contribution in [0.4, 0.5) is 13.2 Å². The summed E-state index contributed by atoms with van der Waals surface area (Å²) in [4.78, 5) is 25.2. The Bertz CT molecular complexity index is 712. The van der Waals surface area contributed by atoms with Gasteiger partial charge in [-0.3, -0.25) is 4.79 Å². The summed E-state index contributed by atoms with van der Waals surface area (Å²) in [6.45, 7) is 3.56. The quantitative estimate of drug-likeness (QED) is 0.347. The molecule has 140 valence electrons. The first-order valence-electron chi connectivity index (χ1n) is 7.79. The minimum Gasteiger partial charge on any atom is -0.466 e. The van der Waals surface area contributed by atoms with Crippen molar-refractivity contribution >= 4 is 11.9 Å². The molecule has 8 heteroatoms. The Morgan fingerprint density at radius 3 is 2.54 bits per heavy atom. The second kappa shape index (κ2) is 8.66. The molecule has 0 aromatic heterocycles. The Labute approximate surface area is 148 Å². The van der Waals surface area contributed by atoms with E-state index < -0.39 is 35.5 Å². The average Bonchev–Trinajstić information content (AvgIpc) is 2.63. The van der Waals surface area contributed by atoms with Gasteiger partial charge in [-0.05, 0) is 17.7 Å². The van der Waals surface area contributed by atoms with Gasteiger partial charge in [0.1, 0.15) is 0 Å². The molecule has 0 unspecified atom stereocenters. The van der Waals surface area contributed by atoms with E-state index in [4.69, 9.17) is 4.74 Å². The number of methoxy groups -OCH3 is 1. The van der Waals surface area contributed by atoms with E-state index in [1.807, 2.05) is 0 Å². The summed E-state index contributed by atoms with van der Waals surface area (Å²) in [6.07, 6.45) is 3.92. The summed E-state index contributed by atoms with van der Waals surface area (Å²) in [5.41, 5.74) is 0.0509. The number of ether oxygens (including phenoxy) is 2. The second-order valence-corrected chi connectivity index (χ2v) is 5.60. The van der Waals surface area contributed by atoms with Crippen molar-refractivity contribution in [3.63, 3.8) is 0 Å². The number of nitrogens with zero attached hydrogens (tertiary/aromatic N) is 1. The molecule has 2 rings (SSSR count). The number of carbonyl (C=O) groups excluding carboxylic acids is 2. The second-order valence-electron chi connectivity index (χ2n) is 5.60. The number of benzene rings is 1. The minimum atomic E-state index is -1.59. The minimum absolute atomic E-state index is 0.0226. The normalized spacial score (nSPS) is 20.2. The highest BCUT2D eigenvalue weighted by Gasteiger charge is 2.35. The summed E-state index contributed by atoms with van der Waals surface area (Å²) in [5, 5.41) is 0. The predicted octanol–water partition coefficient (Wildman–Crippen LogP) is 2.68. The molecule has 0 radical (unpaired) electrons. The molecule has 1 amide bonds. The Morgan fingerprint density at radius 1 is 1.31 bits per heavy atom. The number of hydrogen-bond acceptors (Lipinski definition) is 4. The zero-order valence-electron chi connectivity index (χ0n) is 14.1. The maximum absolute atomic E-state index is 13.6. The standard InChI is InChI=1S/C18H18F3NO4/c1-3-4-16(23)22-12(5-6-17(24)25-2)9-26-10-15(22)11-7-13(19)18(21)14(20)8-11/h3,5-8,12,15H,1,4,9-10H2,2H3/b6-5-/t12-,15-/m0/s1. The SMILES string of the molecule is C=CCC(=O)N1[C@@H](/C=C\C(=O)OC)COC[C@H]1c1cc(F)c(F)c(F)c1. The van der Waals surface area contributed by atoms with E-state index in [0.717, 1.165) is 18.2 Å². The maximum Gasteiger partial charge on any atom is 0.330 e. The molecule has 1 saturated heterocycles. The first kappa shape index (κ1) is 19.7. The number of morpholine rings is 1. The lowest BCUT2D eigenvalue weighted by Gasteiger charge is -2.41. The van der Waals surface area contributed by atoms with Gasteiger partial charge in [0.05, 0.1) is 32.4 Å². The third-order valence-electron chi connectivity index (χ3n) is 3.91. The van der Waals surface area contributed by atoms with Crippen molar-refractivity contribution in [1.29, 1.82) is 0 Å². The molecule has 1 aliphatic rings. The van der Waals surface area contributed by atoms with E-state index in [1.165, 1.54) is 24.2 Å². The lowest BCUT2D eigenvalue weighted by Crippen LogP contribution is -2.49. The number of hydrogen-bond donors (Lipinski definition) is 0. The fraction of sp³-hybridized carbons (Fsp3) is 0.333. The number of esters is 1. The molecule has 0 spiro atoms. The first-order valence-corrected chi connectivity index (χ1v) is 7.79. The first-order chi connectivity index (χ1) is 12.4. The Hall–Kier alpha value is -2.61. The number of rotatable bonds is 5. The van der Waals surface area contributed by atoms with Gasteiger partial charge in [-0.2, -0.15) is 0 Å². The van der Waals surface area contributed by atoms with Gasteiger partial charge in [-0.1, -0.05) is 12.2 Å². The Balaban J connectivity index is 2.42. The van der Waals surface area contributed by atoms with E-state index >= 15 is 0 Å². The van der Waals surface area contributed by atoms with E-state index in [9.17, 15) is 22.8 Å². The van der Waals surface area contributed by atoms with Crippen LogP contribution in [0.3, 0.4) is 0 Å². The van der Waals surface area contributed by atoms with Gasteiger partial charge >= 0.3 is 5.97 Å². The van der Waals surface area contributed by atoms with Gasteiger partial charge in [0.2, 0.25) is 5.91 Å². The van der Waals surface area contributed by atoms with Crippen LogP contribution in [-0.2, 0) is 19.1 Å². The molecule has 1 fully saturated rings. The Kier molecular flexibility index (Phi) is 6.57. The molecule has 5 nitrogen and oxygen atoms in total. The fourth-order valence-electron chi connectivity index (χ4n) is 2.71. The van der Waals surface area contributed by atoms with Crippen LogP contribution >= 0.6 is 0 Å². The smallest absolute Gasteiger partial charge is 0.330 e. The van der Waals surface area contributed by atoms with Crippen LogP contribution in [0.25, 0.3) is 0 Å². The third-order valence-corrected chi connectivity index (χ3v) is 3.91. The molecule has 0 N–H and O–H groups in total. The van der Waals surface area contributed by atoms with Crippen molar-refractivity contribution < 1.29 is 32.2 Å². The maximum atomic E-state index is 13.6. The zero-order chi connectivity index (χ0) is 19.3. The van der Waals surface area contributed by atoms with Gasteiger partial charge in [0, 0.05) is 12.5 Å². The number of halogens is 3. The van der Waals surface area contributed by atoms with Crippen LogP contribution in [0.2, 0.25) is 0 Å². The van der Waals surface area contributed by atoms with Crippen LogP contribution in [0.1, 0.15) is 18.0 Å². The zero-order valence-corrected chi connectivity index (χ0v) is 14.1. The molecular formula is C18H18F3NO4. The van der Waals surface area contributed by atoms with Gasteiger partial charge in [0.15, 0.2) is 17.5 Å². The van der Waals surface area contributed by atoms with Gasteiger partial charge in [-0.25, -0.2) is 18.0 Å². The van der Waals surface area contributed by atoms with E-state index in [1.54, 1.807) is 0 Å². The van der Waals surface area contributed by atoms with E-state index in [-0.39, 0.29) is 31.1 Å². The van der Waals surface area contributed by atoms with Crippen molar-refractivity contribution in [3.05, 3.63) is 60.0 Å². The highest BCUT2D eigenvalue weighted by Crippen LogP contribution is 2.30. The van der Waals surface area contributed by atoms with Crippen molar-refractivity contribution in [2.45, 2.75) is 18.5 Å². The molecule has 0 aliphatic carbocycles. The van der Waals surface area contributed by atoms with Crippen LogP contribution in [0.15, 0.2) is 36.9 Å². The van der Waals surface area contributed by atoms with E-state index in [0.29, 0.717) is 0 Å². The molecule has 1 heterocycles. The highest BCUT2D eigenvalue weighted by molar-refractivity contribution is 5.82. The van der Waals surface area contributed by atoms with Crippen molar-refractivity contribution in [2.24, 2.45) is 0 Å². The van der Waals surface area contributed by atoms with Gasteiger partial charge < -0.3 is 14.4 Å². The topological polar surface area (TPSA) is 55.8 Å². The molecule has 1 aliphatic heterocycles. The van der Waals surface area contributed by atoms with Gasteiger partial charge in [0.25, 0.3) is 0 Å². The van der Waals surface area contributed by atoms with Crippen molar-refractivity contribution in [3.8, 4) is 0 Å². The molecule has 26 heavy (non-hydrogen) atoms. The molecular weight excluding hydrogens is 351 g/mol. The molecule has 2 atom stereocenters. The lowest BCUT2D eigenvalue weighted by atomic mass is 10.0. The van der Waals surface area contributed by atoms with Crippen LogP contribution in [0, 0.1) is 17.5 Å². The summed E-state index contributed by atoms with van der Waals surface area (Å²) in [7, 11) is 1.21. The van der Waals surface area contributed by atoms with Crippen LogP contribution in [0.5, 0.6) is 0 Å². The summed E-state index contributed by atoms with van der Waals surface area (Å²) in [5.74, 6) is -5.30. The Morgan fingerprint density at radius 2 is 1.96 bits per heavy atom. The largest absolute Gasteiger partial charge is 0.466 e. The fourth-order valence-corrected chi connectivity index (χ4v) is 2.71. The number of amides is 1. The van der Waals surface area contributed by atoms with Crippen molar-refractivity contribution in [2.75, 3.05) is 20.3 Å². The monoisotopic (exact) mass is 369 g/mol. The third kappa shape index (κ3) is 4.32. The van der Waals surface area contributed by atoms with Crippen molar-refractivity contribution in [1.82, 2.24) is 4.90 Å². The average molecular weight is 369 g/mol. The predicted molar refractivity (Wildman–Crippen MR) is 86.5 cm³/mol. The molecule has 1 aromatic carbocycles. The molecule has 0 saturated carbocycles. The van der Waals surface area contributed by atoms with Crippen LogP contribution < -0.4 is 0 Å². The number of carbonyl (C=O) groups is 2. The summed E-state index contributed by atoms with van der Waals surface area (Å²) < 4.78 is 50.4. The highest BCUT2D eigenvalue weighted by atomic mass is 19.2. The van der Waals surface area contributed by atoms with Gasteiger partial charge in [-0.15, -0.1) is 6.58 Å². The molecule has 1 aromatic rings. The molecule has 0 bridgehead atoms. The van der Waals surface area contributed by atoms with Crippen LogP contribution in [-0.4, -0.2) is 43.1 Å². The van der Waals surface area contributed by atoms with E-state index in [2.05, 4.69) is 11.3 Å².